The van der Waals surface area contributed by atoms with Crippen molar-refractivity contribution in [2.75, 3.05) is 17.7 Å². The van der Waals surface area contributed by atoms with E-state index in [9.17, 15) is 4.79 Å². The molecule has 19 heavy (non-hydrogen) atoms. The Morgan fingerprint density at radius 3 is 2.42 bits per heavy atom. The minimum atomic E-state index is -0.262. The van der Waals surface area contributed by atoms with Gasteiger partial charge in [-0.25, -0.2) is 4.98 Å². The number of rotatable bonds is 2. The van der Waals surface area contributed by atoms with E-state index in [2.05, 4.69) is 4.98 Å². The van der Waals surface area contributed by atoms with E-state index in [4.69, 9.17) is 28.9 Å². The molecule has 0 radical (unpaired) electrons. The summed E-state index contributed by atoms with van der Waals surface area (Å²) in [5, 5.41) is 0.510. The van der Waals surface area contributed by atoms with Crippen LogP contribution in [-0.2, 0) is 0 Å². The summed E-state index contributed by atoms with van der Waals surface area (Å²) in [5.74, 6) is 0.277. The predicted octanol–water partition coefficient (Wildman–Crippen LogP) is 3.25. The van der Waals surface area contributed by atoms with Crippen LogP contribution < -0.4 is 10.6 Å². The number of benzene rings is 1. The first kappa shape index (κ1) is 13.6. The van der Waals surface area contributed by atoms with Crippen molar-refractivity contribution in [3.8, 4) is 0 Å². The normalized spacial score (nSPS) is 10.3. The molecule has 0 aliphatic rings. The molecule has 0 atom stereocenters. The molecule has 1 aromatic heterocycles. The highest BCUT2D eigenvalue weighted by Gasteiger charge is 2.16. The summed E-state index contributed by atoms with van der Waals surface area (Å²) in [6.45, 7) is 0. The van der Waals surface area contributed by atoms with Crippen LogP contribution in [0, 0.1) is 0 Å². The molecule has 2 rings (SSSR count). The molecular formula is C13H11Cl2N3O. The minimum Gasteiger partial charge on any atom is -0.396 e. The van der Waals surface area contributed by atoms with Crippen LogP contribution in [0.4, 0.5) is 11.5 Å². The van der Waals surface area contributed by atoms with Crippen LogP contribution in [0.15, 0.2) is 36.5 Å². The molecule has 4 nitrogen and oxygen atoms in total. The van der Waals surface area contributed by atoms with Crippen LogP contribution in [0.25, 0.3) is 0 Å². The predicted molar refractivity (Wildman–Crippen MR) is 77.8 cm³/mol. The Kier molecular flexibility index (Phi) is 3.93. The summed E-state index contributed by atoms with van der Waals surface area (Å²) in [6, 6.07) is 8.29. The van der Waals surface area contributed by atoms with Gasteiger partial charge in [-0.3, -0.25) is 9.69 Å². The van der Waals surface area contributed by atoms with Crippen molar-refractivity contribution in [1.29, 1.82) is 0 Å². The molecule has 0 saturated heterocycles. The summed E-state index contributed by atoms with van der Waals surface area (Å²) in [7, 11) is 1.63. The maximum absolute atomic E-state index is 12.3. The van der Waals surface area contributed by atoms with Crippen molar-refractivity contribution in [3.05, 3.63) is 52.1 Å². The van der Waals surface area contributed by atoms with Gasteiger partial charge in [0.2, 0.25) is 0 Å². The Morgan fingerprint density at radius 2 is 1.89 bits per heavy atom. The van der Waals surface area contributed by atoms with Crippen LogP contribution in [0.3, 0.4) is 0 Å². The van der Waals surface area contributed by atoms with Crippen LogP contribution >= 0.6 is 23.2 Å². The zero-order valence-corrected chi connectivity index (χ0v) is 11.6. The molecular weight excluding hydrogens is 285 g/mol. The van der Waals surface area contributed by atoms with Crippen LogP contribution in [-0.4, -0.2) is 17.9 Å². The lowest BCUT2D eigenvalue weighted by Crippen LogP contribution is -2.27. The quantitative estimate of drug-likeness (QED) is 0.865. The number of nitrogens with two attached hydrogens (primary N) is 1. The number of nitrogen functional groups attached to an aromatic ring is 1. The molecule has 0 spiro atoms. The Labute approximate surface area is 120 Å². The van der Waals surface area contributed by atoms with Gasteiger partial charge >= 0.3 is 0 Å². The minimum absolute atomic E-state index is 0.255. The van der Waals surface area contributed by atoms with Crippen molar-refractivity contribution in [2.45, 2.75) is 0 Å². The third-order valence-corrected chi connectivity index (χ3v) is 3.25. The number of amides is 1. The second kappa shape index (κ2) is 5.47. The lowest BCUT2D eigenvalue weighted by Gasteiger charge is -2.16. The van der Waals surface area contributed by atoms with Gasteiger partial charge in [-0.15, -0.1) is 0 Å². The first-order valence-corrected chi connectivity index (χ1v) is 6.20. The van der Waals surface area contributed by atoms with Crippen LogP contribution in [0.2, 0.25) is 10.0 Å². The molecule has 0 aliphatic heterocycles. The zero-order chi connectivity index (χ0) is 14.0. The molecule has 0 aliphatic carbocycles. The Hall–Kier alpha value is -1.78. The van der Waals surface area contributed by atoms with Crippen molar-refractivity contribution >= 4 is 40.6 Å². The molecule has 0 unspecified atom stereocenters. The summed E-state index contributed by atoms with van der Waals surface area (Å²) in [4.78, 5) is 17.8. The van der Waals surface area contributed by atoms with E-state index in [-0.39, 0.29) is 21.6 Å². The number of carbonyl (C=O) groups is 1. The fourth-order valence-electron chi connectivity index (χ4n) is 1.56. The van der Waals surface area contributed by atoms with Gasteiger partial charge in [0.05, 0.1) is 15.7 Å². The highest BCUT2D eigenvalue weighted by Crippen LogP contribution is 2.29. The first-order valence-electron chi connectivity index (χ1n) is 5.44. The average Bonchev–Trinajstić information content (AvgIpc) is 2.43. The molecule has 0 saturated carbocycles. The molecule has 0 fully saturated rings. The van der Waals surface area contributed by atoms with E-state index >= 15 is 0 Å². The van der Waals surface area contributed by atoms with Crippen molar-refractivity contribution in [1.82, 2.24) is 4.98 Å². The summed E-state index contributed by atoms with van der Waals surface area (Å²) < 4.78 is 0. The molecule has 1 amide bonds. The topological polar surface area (TPSA) is 59.2 Å². The molecule has 6 heteroatoms. The lowest BCUT2D eigenvalue weighted by atomic mass is 10.2. The first-order chi connectivity index (χ1) is 9.00. The number of pyridine rings is 1. The van der Waals surface area contributed by atoms with Gasteiger partial charge in [-0.05, 0) is 24.3 Å². The van der Waals surface area contributed by atoms with E-state index in [0.29, 0.717) is 11.4 Å². The van der Waals surface area contributed by atoms with Gasteiger partial charge in [0, 0.05) is 18.8 Å². The largest absolute Gasteiger partial charge is 0.396 e. The maximum atomic E-state index is 12.3. The van der Waals surface area contributed by atoms with Gasteiger partial charge in [0.25, 0.3) is 5.91 Å². The molecule has 2 aromatic rings. The van der Waals surface area contributed by atoms with Crippen molar-refractivity contribution in [3.63, 3.8) is 0 Å². The number of anilines is 2. The fraction of sp³-hybridized carbons (Fsp3) is 0.0769. The number of carbonyl (C=O) groups excluding carboxylic acids is 1. The van der Waals surface area contributed by atoms with E-state index in [1.54, 1.807) is 31.4 Å². The van der Waals surface area contributed by atoms with Crippen LogP contribution in [0.1, 0.15) is 10.4 Å². The lowest BCUT2D eigenvalue weighted by molar-refractivity contribution is 0.0992. The Balaban J connectivity index is 2.35. The second-order valence-corrected chi connectivity index (χ2v) is 4.72. The van der Waals surface area contributed by atoms with Crippen LogP contribution in [0.5, 0.6) is 0 Å². The number of hydrogen-bond acceptors (Lipinski definition) is 3. The van der Waals surface area contributed by atoms with Gasteiger partial charge < -0.3 is 5.73 Å². The van der Waals surface area contributed by atoms with Gasteiger partial charge in [0.15, 0.2) is 0 Å². The van der Waals surface area contributed by atoms with E-state index in [1.807, 2.05) is 0 Å². The Bertz CT molecular complexity index is 594. The number of hydrogen-bond donors (Lipinski definition) is 1. The fourth-order valence-corrected chi connectivity index (χ4v) is 2.04. The maximum Gasteiger partial charge on any atom is 0.259 e. The molecule has 0 bridgehead atoms. The highest BCUT2D eigenvalue weighted by atomic mass is 35.5. The molecule has 1 aromatic carbocycles. The summed E-state index contributed by atoms with van der Waals surface area (Å²) in [6.07, 6.45) is 1.61. The molecule has 1 heterocycles. The van der Waals surface area contributed by atoms with Gasteiger partial charge in [0.1, 0.15) is 5.82 Å². The van der Waals surface area contributed by atoms with E-state index in [1.165, 1.54) is 17.0 Å². The van der Waals surface area contributed by atoms with Gasteiger partial charge in [-0.2, -0.15) is 0 Å². The molecule has 2 N–H and O–H groups in total. The SMILES string of the molecule is CN(C(=O)c1cc(Cl)c(N)c(Cl)c1)c1ccccn1. The van der Waals surface area contributed by atoms with Gasteiger partial charge in [-0.1, -0.05) is 29.3 Å². The average molecular weight is 296 g/mol. The second-order valence-electron chi connectivity index (χ2n) is 3.91. The van der Waals surface area contributed by atoms with Crippen molar-refractivity contribution in [2.24, 2.45) is 0 Å². The summed E-state index contributed by atoms with van der Waals surface area (Å²) in [5.41, 5.74) is 6.26. The number of nitrogens with zero attached hydrogens (tertiary/aromatic N) is 2. The number of aromatic nitrogens is 1. The zero-order valence-electron chi connectivity index (χ0n) is 10.1. The monoisotopic (exact) mass is 295 g/mol. The van der Waals surface area contributed by atoms with E-state index in [0.717, 1.165) is 0 Å². The standard InChI is InChI=1S/C13H11Cl2N3O/c1-18(11-4-2-3-5-17-11)13(19)8-6-9(14)12(16)10(15)7-8/h2-7H,16H2,1H3. The molecule has 98 valence electrons. The smallest absolute Gasteiger partial charge is 0.259 e. The Morgan fingerprint density at radius 1 is 1.26 bits per heavy atom. The third-order valence-electron chi connectivity index (χ3n) is 2.62. The van der Waals surface area contributed by atoms with Crippen molar-refractivity contribution < 1.29 is 4.79 Å². The third kappa shape index (κ3) is 2.80. The number of halogens is 2. The highest BCUT2D eigenvalue weighted by molar-refractivity contribution is 6.39. The van der Waals surface area contributed by atoms with E-state index < -0.39 is 0 Å². The summed E-state index contributed by atoms with van der Waals surface area (Å²) >= 11 is 11.8.